The third kappa shape index (κ3) is 4.10. The van der Waals surface area contributed by atoms with Gasteiger partial charge in [0, 0.05) is 13.1 Å². The minimum atomic E-state index is -1.07. The Morgan fingerprint density at radius 2 is 1.61 bits per heavy atom. The lowest BCUT2D eigenvalue weighted by molar-refractivity contribution is -0.157. The van der Waals surface area contributed by atoms with Gasteiger partial charge in [0.2, 0.25) is 0 Å². The van der Waals surface area contributed by atoms with Crippen molar-refractivity contribution in [1.82, 2.24) is 9.80 Å². The maximum atomic E-state index is 12.9. The van der Waals surface area contributed by atoms with E-state index in [1.54, 1.807) is 43.0 Å². The first kappa shape index (κ1) is 21.5. The summed E-state index contributed by atoms with van der Waals surface area (Å²) in [4.78, 5) is 54.0. The van der Waals surface area contributed by atoms with E-state index in [9.17, 15) is 19.2 Å². The molecule has 166 valence electrons. The van der Waals surface area contributed by atoms with Crippen LogP contribution in [0.4, 0.5) is 0 Å². The molecule has 3 atom stereocenters. The van der Waals surface area contributed by atoms with Crippen LogP contribution in [0, 0.1) is 17.8 Å². The van der Waals surface area contributed by atoms with E-state index < -0.39 is 23.8 Å². The molecule has 7 nitrogen and oxygen atoms in total. The number of ether oxygens (including phenoxy) is 1. The number of hydrogen-bond donors (Lipinski definition) is 0. The van der Waals surface area contributed by atoms with Gasteiger partial charge in [-0.15, -0.1) is 0 Å². The number of carbonyl (C=O) groups excluding carboxylic acids is 4. The highest BCUT2D eigenvalue weighted by Crippen LogP contribution is 2.36. The molecule has 2 fully saturated rings. The van der Waals surface area contributed by atoms with Crippen LogP contribution in [0.2, 0.25) is 0 Å². The van der Waals surface area contributed by atoms with Crippen molar-refractivity contribution in [2.24, 2.45) is 17.8 Å². The predicted octanol–water partition coefficient (Wildman–Crippen LogP) is 2.89. The maximum absolute atomic E-state index is 12.9. The zero-order chi connectivity index (χ0) is 22.1. The normalized spacial score (nSPS) is 24.1. The number of benzene rings is 1. The molecule has 2 heterocycles. The number of likely N-dealkylation sites (tertiary alicyclic amines) is 1. The highest BCUT2D eigenvalue weighted by Gasteiger charge is 2.45. The summed E-state index contributed by atoms with van der Waals surface area (Å²) < 4.78 is 5.35. The van der Waals surface area contributed by atoms with Crippen LogP contribution in [0.25, 0.3) is 0 Å². The van der Waals surface area contributed by atoms with Gasteiger partial charge in [0.15, 0.2) is 6.61 Å². The van der Waals surface area contributed by atoms with Gasteiger partial charge in [-0.3, -0.25) is 19.3 Å². The third-order valence-electron chi connectivity index (χ3n) is 6.96. The summed E-state index contributed by atoms with van der Waals surface area (Å²) >= 11 is 0. The van der Waals surface area contributed by atoms with E-state index >= 15 is 0 Å². The number of nitrogens with zero attached hydrogens (tertiary/aromatic N) is 2. The first-order chi connectivity index (χ1) is 14.9. The summed E-state index contributed by atoms with van der Waals surface area (Å²) in [5.41, 5.74) is 0.578. The Hall–Kier alpha value is -2.70. The molecular formula is C24H30N2O5. The van der Waals surface area contributed by atoms with Gasteiger partial charge in [-0.1, -0.05) is 45.2 Å². The Balaban J connectivity index is 1.39. The lowest BCUT2D eigenvalue weighted by Crippen LogP contribution is -2.50. The Morgan fingerprint density at radius 1 is 1.00 bits per heavy atom. The number of fused-ring (bicyclic) bond motifs is 2. The molecule has 0 unspecified atom stereocenters. The van der Waals surface area contributed by atoms with Crippen molar-refractivity contribution in [3.63, 3.8) is 0 Å². The van der Waals surface area contributed by atoms with Gasteiger partial charge >= 0.3 is 5.97 Å². The smallest absolute Gasteiger partial charge is 0.330 e. The average molecular weight is 427 g/mol. The molecule has 1 saturated carbocycles. The van der Waals surface area contributed by atoms with E-state index in [-0.39, 0.29) is 29.6 Å². The minimum absolute atomic E-state index is 0.206. The van der Waals surface area contributed by atoms with E-state index in [2.05, 4.69) is 0 Å². The van der Waals surface area contributed by atoms with Crippen molar-refractivity contribution in [3.8, 4) is 0 Å². The van der Waals surface area contributed by atoms with Gasteiger partial charge in [-0.05, 0) is 42.7 Å². The zero-order valence-corrected chi connectivity index (χ0v) is 18.2. The van der Waals surface area contributed by atoms with E-state index in [0.717, 1.165) is 24.3 Å². The van der Waals surface area contributed by atoms with Crippen LogP contribution in [0.5, 0.6) is 0 Å². The third-order valence-corrected chi connectivity index (χ3v) is 6.96. The summed E-state index contributed by atoms with van der Waals surface area (Å²) in [5, 5.41) is 0. The molecule has 3 amide bonds. The standard InChI is InChI=1S/C24H30N2O5/c1-15(2)21(26-22(28)18-9-5-6-10-19(18)23(26)29)24(30)31-14-20(27)25-12-11-16-7-3-4-8-17(16)13-25/h5-6,9-10,15-17,21H,3-4,7-8,11-14H2,1-2H3/t16-,17+,21+/m1/s1. The molecule has 7 heteroatoms. The number of hydrogen-bond acceptors (Lipinski definition) is 5. The van der Waals surface area contributed by atoms with Gasteiger partial charge in [0.1, 0.15) is 6.04 Å². The average Bonchev–Trinajstić information content (AvgIpc) is 3.02. The molecule has 2 aliphatic heterocycles. The fourth-order valence-corrected chi connectivity index (χ4v) is 5.27. The number of imide groups is 1. The summed E-state index contributed by atoms with van der Waals surface area (Å²) in [7, 11) is 0. The van der Waals surface area contributed by atoms with Crippen molar-refractivity contribution in [2.45, 2.75) is 52.0 Å². The van der Waals surface area contributed by atoms with E-state index in [1.165, 1.54) is 19.3 Å². The van der Waals surface area contributed by atoms with Crippen LogP contribution in [0.3, 0.4) is 0 Å². The maximum Gasteiger partial charge on any atom is 0.330 e. The number of amides is 3. The molecule has 1 aliphatic carbocycles. The molecule has 1 saturated heterocycles. The Bertz CT molecular complexity index is 861. The topological polar surface area (TPSA) is 84.0 Å². The minimum Gasteiger partial charge on any atom is -0.454 e. The molecule has 0 spiro atoms. The quantitative estimate of drug-likeness (QED) is 0.534. The SMILES string of the molecule is CC(C)[C@@H](C(=O)OCC(=O)N1CC[C@H]2CCCC[C@H]2C1)N1C(=O)c2ccccc2C1=O. The van der Waals surface area contributed by atoms with Crippen LogP contribution in [0.15, 0.2) is 24.3 Å². The molecule has 1 aromatic rings. The van der Waals surface area contributed by atoms with E-state index in [1.807, 2.05) is 0 Å². The van der Waals surface area contributed by atoms with Gasteiger partial charge in [0.25, 0.3) is 17.7 Å². The summed E-state index contributed by atoms with van der Waals surface area (Å²) in [6.45, 7) is 4.58. The van der Waals surface area contributed by atoms with Gasteiger partial charge < -0.3 is 9.64 Å². The Kier molecular flexibility index (Phi) is 6.12. The van der Waals surface area contributed by atoms with Gasteiger partial charge in [-0.25, -0.2) is 4.79 Å². The molecule has 0 N–H and O–H groups in total. The molecule has 1 aromatic carbocycles. The van der Waals surface area contributed by atoms with Crippen molar-refractivity contribution in [3.05, 3.63) is 35.4 Å². The van der Waals surface area contributed by atoms with Gasteiger partial charge in [0.05, 0.1) is 11.1 Å². The lowest BCUT2D eigenvalue weighted by Gasteiger charge is -2.41. The van der Waals surface area contributed by atoms with E-state index in [4.69, 9.17) is 4.74 Å². The van der Waals surface area contributed by atoms with Crippen molar-refractivity contribution in [2.75, 3.05) is 19.7 Å². The highest BCUT2D eigenvalue weighted by molar-refractivity contribution is 6.22. The predicted molar refractivity (Wildman–Crippen MR) is 113 cm³/mol. The molecule has 4 rings (SSSR count). The first-order valence-corrected chi connectivity index (χ1v) is 11.3. The Morgan fingerprint density at radius 3 is 2.23 bits per heavy atom. The van der Waals surface area contributed by atoms with Crippen LogP contribution < -0.4 is 0 Å². The Labute approximate surface area is 182 Å². The van der Waals surface area contributed by atoms with Crippen LogP contribution in [0.1, 0.15) is 66.7 Å². The molecule has 0 aromatic heterocycles. The first-order valence-electron chi connectivity index (χ1n) is 11.3. The lowest BCUT2D eigenvalue weighted by atomic mass is 9.75. The largest absolute Gasteiger partial charge is 0.454 e. The highest BCUT2D eigenvalue weighted by atomic mass is 16.5. The molecule has 0 radical (unpaired) electrons. The second-order valence-electron chi connectivity index (χ2n) is 9.26. The number of carbonyl (C=O) groups is 4. The summed E-state index contributed by atoms with van der Waals surface area (Å²) in [5.74, 6) is -1.01. The number of piperidine rings is 1. The molecule has 31 heavy (non-hydrogen) atoms. The van der Waals surface area contributed by atoms with Crippen molar-refractivity contribution >= 4 is 23.7 Å². The molecular weight excluding hydrogens is 396 g/mol. The van der Waals surface area contributed by atoms with E-state index in [0.29, 0.717) is 18.4 Å². The van der Waals surface area contributed by atoms with Crippen LogP contribution in [-0.2, 0) is 14.3 Å². The molecule has 3 aliphatic rings. The fourth-order valence-electron chi connectivity index (χ4n) is 5.27. The zero-order valence-electron chi connectivity index (χ0n) is 18.2. The van der Waals surface area contributed by atoms with Crippen molar-refractivity contribution in [1.29, 1.82) is 0 Å². The number of rotatable bonds is 5. The second kappa shape index (κ2) is 8.81. The van der Waals surface area contributed by atoms with Crippen LogP contribution in [-0.4, -0.2) is 59.2 Å². The fraction of sp³-hybridized carbons (Fsp3) is 0.583. The monoisotopic (exact) mass is 426 g/mol. The van der Waals surface area contributed by atoms with Crippen LogP contribution >= 0.6 is 0 Å². The van der Waals surface area contributed by atoms with Crippen molar-refractivity contribution < 1.29 is 23.9 Å². The number of esters is 1. The molecule has 0 bridgehead atoms. The summed E-state index contributed by atoms with van der Waals surface area (Å²) in [6.07, 6.45) is 5.91. The summed E-state index contributed by atoms with van der Waals surface area (Å²) in [6, 6.07) is 5.46. The van der Waals surface area contributed by atoms with Gasteiger partial charge in [-0.2, -0.15) is 0 Å². The second-order valence-corrected chi connectivity index (χ2v) is 9.26.